The number of carbonyl (C=O) groups is 4. The van der Waals surface area contributed by atoms with Crippen LogP contribution in [0.3, 0.4) is 0 Å². The number of hydrogen-bond donors (Lipinski definition) is 4. The van der Waals surface area contributed by atoms with E-state index in [1.807, 2.05) is 67.0 Å². The number of benzene rings is 2. The van der Waals surface area contributed by atoms with Crippen molar-refractivity contribution in [2.75, 3.05) is 18.6 Å². The smallest absolute Gasteiger partial charge is 0.246 e. The fourth-order valence-corrected chi connectivity index (χ4v) is 5.73. The third-order valence-electron chi connectivity index (χ3n) is 7.33. The van der Waals surface area contributed by atoms with E-state index in [9.17, 15) is 19.2 Å². The Morgan fingerprint density at radius 2 is 1.75 bits per heavy atom. The number of para-hydroxylation sites is 1. The van der Waals surface area contributed by atoms with Crippen LogP contribution in [-0.4, -0.2) is 76.1 Å². The van der Waals surface area contributed by atoms with E-state index in [-0.39, 0.29) is 17.6 Å². The van der Waals surface area contributed by atoms with Crippen LogP contribution in [0, 0.1) is 0 Å². The summed E-state index contributed by atoms with van der Waals surface area (Å²) in [6, 6.07) is 14.2. The number of aromatic amines is 1. The van der Waals surface area contributed by atoms with Crippen LogP contribution < -0.4 is 16.4 Å². The van der Waals surface area contributed by atoms with Crippen molar-refractivity contribution >= 4 is 46.2 Å². The molecule has 3 amide bonds. The van der Waals surface area contributed by atoms with E-state index in [0.717, 1.165) is 22.0 Å². The van der Waals surface area contributed by atoms with Crippen LogP contribution >= 0.6 is 11.8 Å². The number of carbonyl (C=O) groups excluding carboxylic acids is 4. The molecule has 1 aliphatic rings. The van der Waals surface area contributed by atoms with Crippen molar-refractivity contribution in [3.05, 3.63) is 71.9 Å². The van der Waals surface area contributed by atoms with E-state index in [0.29, 0.717) is 38.0 Å². The summed E-state index contributed by atoms with van der Waals surface area (Å²) in [7, 11) is 0. The summed E-state index contributed by atoms with van der Waals surface area (Å²) in [5, 5.41) is 6.71. The third kappa shape index (κ3) is 7.11. The second-order valence-corrected chi connectivity index (χ2v) is 11.1. The highest BCUT2D eigenvalue weighted by atomic mass is 32.2. The summed E-state index contributed by atoms with van der Waals surface area (Å²) < 4.78 is 0. The molecular weight excluding hydrogens is 526 g/mol. The SMILES string of the molecule is CSCC(NC(=O)C(N)Cc1ccccc1)C(=O)N1CCCC1C(=O)NC(Cc1c[nH]c2ccccc12)C(C)=O. The van der Waals surface area contributed by atoms with Gasteiger partial charge in [-0.1, -0.05) is 48.5 Å². The van der Waals surface area contributed by atoms with E-state index in [1.54, 1.807) is 0 Å². The zero-order valence-corrected chi connectivity index (χ0v) is 23.7. The third-order valence-corrected chi connectivity index (χ3v) is 7.99. The number of hydrogen-bond acceptors (Lipinski definition) is 6. The van der Waals surface area contributed by atoms with Gasteiger partial charge in [-0.3, -0.25) is 19.2 Å². The number of nitrogens with one attached hydrogen (secondary N) is 3. The van der Waals surface area contributed by atoms with E-state index < -0.39 is 30.1 Å². The van der Waals surface area contributed by atoms with Gasteiger partial charge in [0.1, 0.15) is 12.1 Å². The molecule has 5 N–H and O–H groups in total. The zero-order chi connectivity index (χ0) is 28.6. The Kier molecular flexibility index (Phi) is 10.0. The molecule has 4 rings (SSSR count). The minimum absolute atomic E-state index is 0.158. The molecule has 2 heterocycles. The van der Waals surface area contributed by atoms with Gasteiger partial charge in [0, 0.05) is 35.8 Å². The number of nitrogens with zero attached hydrogens (tertiary/aromatic N) is 1. The zero-order valence-electron chi connectivity index (χ0n) is 22.9. The Morgan fingerprint density at radius 1 is 1.02 bits per heavy atom. The first-order chi connectivity index (χ1) is 19.3. The lowest BCUT2D eigenvalue weighted by Gasteiger charge is -2.30. The van der Waals surface area contributed by atoms with Crippen LogP contribution in [-0.2, 0) is 32.0 Å². The molecule has 0 bridgehead atoms. The number of fused-ring (bicyclic) bond motifs is 1. The standard InChI is InChI=1S/C30H37N5O4S/c1-19(36)25(16-21-17-32-24-12-7-6-11-22(21)24)33-29(38)27-13-8-14-35(27)30(39)26(18-40-2)34-28(37)23(31)15-20-9-4-3-5-10-20/h3-7,9-12,17,23,25-27,32H,8,13-16,18,31H2,1-2H3,(H,33,38)(H,34,37). The number of rotatable bonds is 12. The summed E-state index contributed by atoms with van der Waals surface area (Å²) >= 11 is 1.43. The second kappa shape index (κ2) is 13.6. The largest absolute Gasteiger partial charge is 0.361 e. The molecule has 0 saturated carbocycles. The first-order valence-electron chi connectivity index (χ1n) is 13.5. The van der Waals surface area contributed by atoms with Gasteiger partial charge in [-0.15, -0.1) is 0 Å². The number of Topliss-reactive ketones (excluding diaryl/α,β-unsaturated/α-hetero) is 1. The second-order valence-electron chi connectivity index (χ2n) is 10.2. The number of nitrogens with two attached hydrogens (primary N) is 1. The van der Waals surface area contributed by atoms with E-state index >= 15 is 0 Å². The minimum Gasteiger partial charge on any atom is -0.361 e. The summed E-state index contributed by atoms with van der Waals surface area (Å²) in [5.41, 5.74) is 8.98. The first kappa shape index (κ1) is 29.4. The van der Waals surface area contributed by atoms with E-state index in [2.05, 4.69) is 15.6 Å². The van der Waals surface area contributed by atoms with Gasteiger partial charge >= 0.3 is 0 Å². The van der Waals surface area contributed by atoms with Gasteiger partial charge in [-0.05, 0) is 49.6 Å². The topological polar surface area (TPSA) is 137 Å². The maximum Gasteiger partial charge on any atom is 0.246 e. The van der Waals surface area contributed by atoms with Crippen molar-refractivity contribution in [3.8, 4) is 0 Å². The van der Waals surface area contributed by atoms with Gasteiger partial charge in [0.15, 0.2) is 5.78 Å². The number of likely N-dealkylation sites (tertiary alicyclic amines) is 1. The molecule has 4 unspecified atom stereocenters. The number of ketones is 1. The molecule has 1 aliphatic heterocycles. The lowest BCUT2D eigenvalue weighted by atomic mass is 10.0. The molecule has 0 aliphatic carbocycles. The van der Waals surface area contributed by atoms with Crippen molar-refractivity contribution < 1.29 is 19.2 Å². The average molecular weight is 564 g/mol. The van der Waals surface area contributed by atoms with Crippen molar-refractivity contribution in [2.45, 2.75) is 56.8 Å². The Hall–Kier alpha value is -3.63. The normalized spacial score (nSPS) is 17.3. The monoisotopic (exact) mass is 563 g/mol. The Balaban J connectivity index is 1.41. The lowest BCUT2D eigenvalue weighted by molar-refractivity contribution is -0.141. The summed E-state index contributed by atoms with van der Waals surface area (Å²) in [4.78, 5) is 57.1. The number of aromatic nitrogens is 1. The Labute approximate surface area is 238 Å². The highest BCUT2D eigenvalue weighted by molar-refractivity contribution is 7.98. The van der Waals surface area contributed by atoms with Crippen LogP contribution in [0.5, 0.6) is 0 Å². The Morgan fingerprint density at radius 3 is 2.48 bits per heavy atom. The van der Waals surface area contributed by atoms with Crippen LogP contribution in [0.25, 0.3) is 10.9 Å². The van der Waals surface area contributed by atoms with E-state index in [1.165, 1.54) is 23.6 Å². The molecule has 4 atom stereocenters. The molecule has 2 aromatic carbocycles. The molecule has 1 saturated heterocycles. The molecule has 3 aromatic rings. The maximum atomic E-state index is 13.6. The number of amides is 3. The summed E-state index contributed by atoms with van der Waals surface area (Å²) in [5.74, 6) is -0.894. The molecule has 1 aromatic heterocycles. The fourth-order valence-electron chi connectivity index (χ4n) is 5.17. The van der Waals surface area contributed by atoms with Crippen molar-refractivity contribution in [1.29, 1.82) is 0 Å². The van der Waals surface area contributed by atoms with Gasteiger partial charge in [-0.2, -0.15) is 11.8 Å². The first-order valence-corrected chi connectivity index (χ1v) is 14.9. The molecular formula is C30H37N5O4S. The average Bonchev–Trinajstić information content (AvgIpc) is 3.60. The van der Waals surface area contributed by atoms with Crippen LogP contribution in [0.15, 0.2) is 60.8 Å². The van der Waals surface area contributed by atoms with Gasteiger partial charge in [-0.25, -0.2) is 0 Å². The molecule has 10 heteroatoms. The summed E-state index contributed by atoms with van der Waals surface area (Å²) in [6.07, 6.45) is 5.55. The summed E-state index contributed by atoms with van der Waals surface area (Å²) in [6.45, 7) is 1.86. The Bertz CT molecular complexity index is 1340. The van der Waals surface area contributed by atoms with Crippen LogP contribution in [0.4, 0.5) is 0 Å². The maximum absolute atomic E-state index is 13.6. The van der Waals surface area contributed by atoms with Crippen molar-refractivity contribution in [2.24, 2.45) is 5.73 Å². The van der Waals surface area contributed by atoms with Gasteiger partial charge in [0.2, 0.25) is 17.7 Å². The number of H-pyrrole nitrogens is 1. The van der Waals surface area contributed by atoms with Crippen LogP contribution in [0.2, 0.25) is 0 Å². The molecule has 40 heavy (non-hydrogen) atoms. The molecule has 212 valence electrons. The van der Waals surface area contributed by atoms with Crippen LogP contribution in [0.1, 0.15) is 30.9 Å². The highest BCUT2D eigenvalue weighted by Crippen LogP contribution is 2.22. The van der Waals surface area contributed by atoms with Gasteiger partial charge in [0.25, 0.3) is 0 Å². The molecule has 0 radical (unpaired) electrons. The van der Waals surface area contributed by atoms with E-state index in [4.69, 9.17) is 5.73 Å². The van der Waals surface area contributed by atoms with Gasteiger partial charge < -0.3 is 26.3 Å². The number of thioether (sulfide) groups is 1. The molecule has 9 nitrogen and oxygen atoms in total. The highest BCUT2D eigenvalue weighted by Gasteiger charge is 2.38. The predicted octanol–water partition coefficient (Wildman–Crippen LogP) is 2.19. The quantitative estimate of drug-likeness (QED) is 0.267. The minimum atomic E-state index is -0.812. The fraction of sp³-hybridized carbons (Fsp3) is 0.400. The van der Waals surface area contributed by atoms with Gasteiger partial charge in [0.05, 0.1) is 12.1 Å². The molecule has 0 spiro atoms. The lowest BCUT2D eigenvalue weighted by Crippen LogP contribution is -2.57. The molecule has 1 fully saturated rings. The van der Waals surface area contributed by atoms with Crippen molar-refractivity contribution in [3.63, 3.8) is 0 Å². The van der Waals surface area contributed by atoms with Crippen molar-refractivity contribution in [1.82, 2.24) is 20.5 Å². The predicted molar refractivity (Wildman–Crippen MR) is 158 cm³/mol.